The van der Waals surface area contributed by atoms with Gasteiger partial charge in [-0.2, -0.15) is 0 Å². The smallest absolute Gasteiger partial charge is 0.434 e. The van der Waals surface area contributed by atoms with E-state index >= 15 is 0 Å². The lowest BCUT2D eigenvalue weighted by Crippen LogP contribution is -2.09. The molecule has 1 aromatic rings. The Morgan fingerprint density at radius 1 is 0.750 bits per heavy atom. The molecule has 0 aliphatic carbocycles. The summed E-state index contributed by atoms with van der Waals surface area (Å²) in [6, 6.07) is 10.6. The molecule has 0 saturated heterocycles. The summed E-state index contributed by atoms with van der Waals surface area (Å²) in [5.41, 5.74) is 1.40. The third kappa shape index (κ3) is 12.0. The molecule has 0 aliphatic heterocycles. The van der Waals surface area contributed by atoms with Crippen molar-refractivity contribution in [2.75, 3.05) is 13.2 Å². The zero-order valence-corrected chi connectivity index (χ0v) is 15.3. The Kier molecular flexibility index (Phi) is 12.9. The Morgan fingerprint density at radius 2 is 1.29 bits per heavy atom. The van der Waals surface area contributed by atoms with Crippen LogP contribution in [0.3, 0.4) is 0 Å². The van der Waals surface area contributed by atoms with Crippen LogP contribution in [0.25, 0.3) is 0 Å². The van der Waals surface area contributed by atoms with Gasteiger partial charge in [0.1, 0.15) is 0 Å². The molecule has 3 heteroatoms. The Hall–Kier alpha value is -1.51. The van der Waals surface area contributed by atoms with Crippen LogP contribution in [-0.2, 0) is 15.9 Å². The number of hydrogen-bond acceptors (Lipinski definition) is 3. The van der Waals surface area contributed by atoms with Gasteiger partial charge in [0.25, 0.3) is 0 Å². The maximum atomic E-state index is 11.4. The largest absolute Gasteiger partial charge is 0.508 e. The van der Waals surface area contributed by atoms with Crippen LogP contribution in [0.4, 0.5) is 4.79 Å². The van der Waals surface area contributed by atoms with Gasteiger partial charge in [0.15, 0.2) is 0 Å². The van der Waals surface area contributed by atoms with Crippen molar-refractivity contribution in [1.82, 2.24) is 0 Å². The summed E-state index contributed by atoms with van der Waals surface area (Å²) in [6.45, 7) is 3.17. The van der Waals surface area contributed by atoms with Crippen molar-refractivity contribution in [3.63, 3.8) is 0 Å². The van der Waals surface area contributed by atoms with E-state index < -0.39 is 6.16 Å². The molecule has 0 fully saturated rings. The molecule has 0 atom stereocenters. The van der Waals surface area contributed by atoms with E-state index in [1.54, 1.807) is 0 Å². The number of hydrogen-bond donors (Lipinski definition) is 0. The van der Waals surface area contributed by atoms with Gasteiger partial charge in [-0.25, -0.2) is 4.79 Å². The average molecular weight is 334 g/mol. The fraction of sp³-hybridized carbons (Fsp3) is 0.667. The van der Waals surface area contributed by atoms with E-state index in [2.05, 4.69) is 31.2 Å². The highest BCUT2D eigenvalue weighted by molar-refractivity contribution is 5.59. The number of unbranched alkanes of at least 4 members (excludes halogenated alkanes) is 8. The van der Waals surface area contributed by atoms with Crippen molar-refractivity contribution < 1.29 is 14.3 Å². The summed E-state index contributed by atoms with van der Waals surface area (Å²) < 4.78 is 10.2. The number of benzene rings is 1. The molecule has 0 bridgehead atoms. The van der Waals surface area contributed by atoms with Gasteiger partial charge in [-0.1, -0.05) is 82.2 Å². The van der Waals surface area contributed by atoms with E-state index in [0.29, 0.717) is 13.2 Å². The van der Waals surface area contributed by atoms with Crippen LogP contribution < -0.4 is 0 Å². The molecule has 0 amide bonds. The van der Waals surface area contributed by atoms with Crippen LogP contribution in [0.1, 0.15) is 76.7 Å². The van der Waals surface area contributed by atoms with Crippen molar-refractivity contribution in [3.8, 4) is 0 Å². The standard InChI is InChI=1S/C21H34O3/c1-2-3-4-5-7-13-18-23-21(22)24-19-14-8-6-10-15-20-16-11-9-12-17-20/h9,11-12,16-17H,2-8,10,13-15,18-19H2,1H3. The summed E-state index contributed by atoms with van der Waals surface area (Å²) in [5.74, 6) is 0. The highest BCUT2D eigenvalue weighted by Gasteiger charge is 2.03. The predicted molar refractivity (Wildman–Crippen MR) is 99.3 cm³/mol. The summed E-state index contributed by atoms with van der Waals surface area (Å²) in [5, 5.41) is 0. The van der Waals surface area contributed by atoms with E-state index in [1.165, 1.54) is 44.1 Å². The molecule has 0 N–H and O–H groups in total. The summed E-state index contributed by atoms with van der Waals surface area (Å²) in [4.78, 5) is 11.4. The molecule has 0 aliphatic rings. The molecule has 0 heterocycles. The number of carbonyl (C=O) groups is 1. The van der Waals surface area contributed by atoms with Crippen molar-refractivity contribution in [2.45, 2.75) is 77.6 Å². The first-order valence-corrected chi connectivity index (χ1v) is 9.66. The number of rotatable bonds is 14. The highest BCUT2D eigenvalue weighted by Crippen LogP contribution is 2.08. The van der Waals surface area contributed by atoms with Gasteiger partial charge in [0, 0.05) is 0 Å². The van der Waals surface area contributed by atoms with Gasteiger partial charge >= 0.3 is 6.16 Å². The van der Waals surface area contributed by atoms with Crippen LogP contribution in [-0.4, -0.2) is 19.4 Å². The van der Waals surface area contributed by atoms with Crippen LogP contribution in [0.15, 0.2) is 30.3 Å². The summed E-state index contributed by atoms with van der Waals surface area (Å²) in [6.07, 6.45) is 12.1. The van der Waals surface area contributed by atoms with Gasteiger partial charge in [0.2, 0.25) is 0 Å². The first-order valence-electron chi connectivity index (χ1n) is 9.66. The second kappa shape index (κ2) is 15.0. The number of ether oxygens (including phenoxy) is 2. The molecule has 136 valence electrons. The number of aryl methyl sites for hydroxylation is 1. The van der Waals surface area contributed by atoms with Crippen LogP contribution in [0, 0.1) is 0 Å². The minimum absolute atomic E-state index is 0.473. The van der Waals surface area contributed by atoms with E-state index in [4.69, 9.17) is 9.47 Å². The van der Waals surface area contributed by atoms with E-state index in [-0.39, 0.29) is 0 Å². The van der Waals surface area contributed by atoms with Gasteiger partial charge in [0.05, 0.1) is 13.2 Å². The quantitative estimate of drug-likeness (QED) is 0.296. The molecule has 0 aromatic heterocycles. The Bertz CT molecular complexity index is 403. The van der Waals surface area contributed by atoms with Crippen LogP contribution in [0.5, 0.6) is 0 Å². The van der Waals surface area contributed by atoms with Crippen molar-refractivity contribution >= 4 is 6.16 Å². The predicted octanol–water partition coefficient (Wildman–Crippen LogP) is 6.30. The third-order valence-corrected chi connectivity index (χ3v) is 4.14. The maximum absolute atomic E-state index is 11.4. The van der Waals surface area contributed by atoms with Crippen LogP contribution in [0.2, 0.25) is 0 Å². The van der Waals surface area contributed by atoms with E-state index in [0.717, 1.165) is 32.1 Å². The van der Waals surface area contributed by atoms with Crippen LogP contribution >= 0.6 is 0 Å². The van der Waals surface area contributed by atoms with Gasteiger partial charge in [-0.15, -0.1) is 0 Å². The minimum atomic E-state index is -0.507. The minimum Gasteiger partial charge on any atom is -0.434 e. The lowest BCUT2D eigenvalue weighted by molar-refractivity contribution is 0.0529. The Morgan fingerprint density at radius 3 is 1.92 bits per heavy atom. The molecular formula is C21H34O3. The first kappa shape index (κ1) is 20.5. The molecule has 0 spiro atoms. The topological polar surface area (TPSA) is 35.5 Å². The Balaban J connectivity index is 1.82. The van der Waals surface area contributed by atoms with Crippen molar-refractivity contribution in [1.29, 1.82) is 0 Å². The van der Waals surface area contributed by atoms with Crippen molar-refractivity contribution in [3.05, 3.63) is 35.9 Å². The van der Waals surface area contributed by atoms with Gasteiger partial charge in [-0.05, 0) is 31.2 Å². The maximum Gasteiger partial charge on any atom is 0.508 e. The summed E-state index contributed by atoms with van der Waals surface area (Å²) in [7, 11) is 0. The SMILES string of the molecule is CCCCCCCCOC(=O)OCCCCCCc1ccccc1. The highest BCUT2D eigenvalue weighted by atomic mass is 16.7. The first-order chi connectivity index (χ1) is 11.8. The monoisotopic (exact) mass is 334 g/mol. The average Bonchev–Trinajstić information content (AvgIpc) is 2.61. The molecule has 1 aromatic carbocycles. The normalized spacial score (nSPS) is 10.5. The molecule has 0 radical (unpaired) electrons. The molecule has 1 rings (SSSR count). The Labute approximate surface area is 147 Å². The molecule has 3 nitrogen and oxygen atoms in total. The molecule has 0 unspecified atom stereocenters. The number of carbonyl (C=O) groups excluding carboxylic acids is 1. The fourth-order valence-electron chi connectivity index (χ4n) is 2.66. The van der Waals surface area contributed by atoms with Gasteiger partial charge in [-0.3, -0.25) is 0 Å². The fourth-order valence-corrected chi connectivity index (χ4v) is 2.66. The van der Waals surface area contributed by atoms with E-state index in [9.17, 15) is 4.79 Å². The molecule has 24 heavy (non-hydrogen) atoms. The third-order valence-electron chi connectivity index (χ3n) is 4.14. The lowest BCUT2D eigenvalue weighted by atomic mass is 10.1. The molecule has 0 saturated carbocycles. The van der Waals surface area contributed by atoms with Crippen molar-refractivity contribution in [2.24, 2.45) is 0 Å². The molecular weight excluding hydrogens is 300 g/mol. The second-order valence-electron chi connectivity index (χ2n) is 6.36. The summed E-state index contributed by atoms with van der Waals surface area (Å²) >= 11 is 0. The van der Waals surface area contributed by atoms with Gasteiger partial charge < -0.3 is 9.47 Å². The second-order valence-corrected chi connectivity index (χ2v) is 6.36. The zero-order valence-electron chi connectivity index (χ0n) is 15.3. The van der Waals surface area contributed by atoms with E-state index in [1.807, 2.05) is 6.07 Å². The zero-order chi connectivity index (χ0) is 17.3. The lowest BCUT2D eigenvalue weighted by Gasteiger charge is -2.06.